The number of amides is 1. The molecule has 0 bridgehead atoms. The summed E-state index contributed by atoms with van der Waals surface area (Å²) >= 11 is 1.44. The number of ether oxygens (including phenoxy) is 1. The monoisotopic (exact) mass is 732 g/mol. The van der Waals surface area contributed by atoms with Crippen molar-refractivity contribution in [2.45, 2.75) is 53.0 Å². The fourth-order valence-electron chi connectivity index (χ4n) is 7.05. The number of benzene rings is 3. The number of nitrogens with one attached hydrogen (secondary N) is 1. The van der Waals surface area contributed by atoms with Gasteiger partial charge in [0.2, 0.25) is 0 Å². The van der Waals surface area contributed by atoms with E-state index < -0.39 is 5.97 Å². The van der Waals surface area contributed by atoms with E-state index >= 15 is 0 Å². The number of carboxylic acids is 1. The number of aryl methyl sites for hydroxylation is 1. The van der Waals surface area contributed by atoms with E-state index in [2.05, 4.69) is 58.0 Å². The van der Waals surface area contributed by atoms with Crippen LogP contribution >= 0.6 is 11.3 Å². The van der Waals surface area contributed by atoms with E-state index in [4.69, 9.17) is 4.74 Å². The second kappa shape index (κ2) is 15.9. The molecule has 0 radical (unpaired) electrons. The Morgan fingerprint density at radius 2 is 1.68 bits per heavy atom. The van der Waals surface area contributed by atoms with Gasteiger partial charge < -0.3 is 19.6 Å². The van der Waals surface area contributed by atoms with Crippen LogP contribution in [0, 0.1) is 5.41 Å². The second-order valence-electron chi connectivity index (χ2n) is 15.1. The molecule has 2 aliphatic heterocycles. The minimum Gasteiger partial charge on any atom is -0.494 e. The Labute approximate surface area is 315 Å². The third-order valence-electron chi connectivity index (χ3n) is 10.1. The Kier molecular flexibility index (Phi) is 10.9. The van der Waals surface area contributed by atoms with Crippen LogP contribution < -0.4 is 19.9 Å². The molecular weight excluding hydrogens is 685 g/mol. The number of aromatic nitrogens is 2. The Balaban J connectivity index is 0.926. The van der Waals surface area contributed by atoms with Gasteiger partial charge in [0.05, 0.1) is 16.8 Å². The van der Waals surface area contributed by atoms with Gasteiger partial charge in [-0.2, -0.15) is 0 Å². The molecule has 0 saturated carbocycles. The minimum atomic E-state index is -1.05. The summed E-state index contributed by atoms with van der Waals surface area (Å²) in [4.78, 5) is 42.1. The molecule has 1 fully saturated rings. The van der Waals surface area contributed by atoms with Crippen LogP contribution in [0.2, 0.25) is 0 Å². The van der Waals surface area contributed by atoms with Gasteiger partial charge in [0.1, 0.15) is 11.6 Å². The Morgan fingerprint density at radius 1 is 0.887 bits per heavy atom. The number of hydrogen-bond acceptors (Lipinski definition) is 9. The van der Waals surface area contributed by atoms with E-state index in [1.54, 1.807) is 0 Å². The fraction of sp³-hybridized carbons (Fsp3) is 0.381. The first-order valence-electron chi connectivity index (χ1n) is 18.6. The number of carbonyl (C=O) groups is 2. The van der Waals surface area contributed by atoms with Crippen LogP contribution in [0.3, 0.4) is 0 Å². The average molecular weight is 733 g/mol. The largest absolute Gasteiger partial charge is 0.494 e. The third kappa shape index (κ3) is 8.97. The van der Waals surface area contributed by atoms with Crippen molar-refractivity contribution in [2.75, 3.05) is 61.0 Å². The highest BCUT2D eigenvalue weighted by atomic mass is 32.1. The van der Waals surface area contributed by atoms with Gasteiger partial charge in [-0.15, -0.1) is 0 Å². The standard InChI is InChI=1S/C42H48N6O4S/c1-42(2,3)20-22-46-23-25-47(26-24-46)31-14-16-32(17-15-31)52-27-7-9-30-13-18-37(44-38(30)40(50)51)48-21-19-29-8-6-10-33(34(29)28-48)39(49)45-41-43-35-11-4-5-12-36(35)53-41/h4-6,8,10-18H,7,9,19-28H2,1-3H3,(H,50,51)(H,43,45,49). The summed E-state index contributed by atoms with van der Waals surface area (Å²) in [7, 11) is 0. The molecule has 7 rings (SSSR count). The summed E-state index contributed by atoms with van der Waals surface area (Å²) in [5.41, 5.74) is 5.76. The number of pyridine rings is 1. The number of thiazole rings is 1. The minimum absolute atomic E-state index is 0.0537. The Bertz CT molecular complexity index is 2030. The van der Waals surface area contributed by atoms with Crippen molar-refractivity contribution in [3.8, 4) is 5.75 Å². The highest BCUT2D eigenvalue weighted by Crippen LogP contribution is 2.30. The number of fused-ring (bicyclic) bond motifs is 2. The zero-order valence-electron chi connectivity index (χ0n) is 30.8. The van der Waals surface area contributed by atoms with Gasteiger partial charge in [0, 0.05) is 50.5 Å². The zero-order chi connectivity index (χ0) is 37.0. The van der Waals surface area contributed by atoms with Crippen molar-refractivity contribution in [3.63, 3.8) is 0 Å². The van der Waals surface area contributed by atoms with Crippen molar-refractivity contribution in [2.24, 2.45) is 5.41 Å². The SMILES string of the molecule is CC(C)(C)CCN1CCN(c2ccc(OCCCc3ccc(N4CCc5cccc(C(=O)Nc6nc7ccccc7s6)c5C4)nc3C(=O)O)cc2)CC1. The number of anilines is 3. The predicted octanol–water partition coefficient (Wildman–Crippen LogP) is 7.77. The Hall–Kier alpha value is -5.00. The van der Waals surface area contributed by atoms with Crippen molar-refractivity contribution in [1.29, 1.82) is 0 Å². The molecule has 3 aromatic carbocycles. The lowest BCUT2D eigenvalue weighted by atomic mass is 9.92. The third-order valence-corrected chi connectivity index (χ3v) is 11.1. The number of rotatable bonds is 12. The van der Waals surface area contributed by atoms with Gasteiger partial charge in [0.25, 0.3) is 5.91 Å². The lowest BCUT2D eigenvalue weighted by molar-refractivity contribution is 0.0688. The number of piperazine rings is 1. The molecule has 1 amide bonds. The molecule has 276 valence electrons. The summed E-state index contributed by atoms with van der Waals surface area (Å²) in [5.74, 6) is 0.126. The van der Waals surface area contributed by atoms with Gasteiger partial charge in [-0.05, 0) is 103 Å². The number of carbonyl (C=O) groups excluding carboxylic acids is 1. The molecule has 1 saturated heterocycles. The molecule has 53 heavy (non-hydrogen) atoms. The molecule has 4 heterocycles. The summed E-state index contributed by atoms with van der Waals surface area (Å²) in [6.07, 6.45) is 3.12. The number of aromatic carboxylic acids is 1. The van der Waals surface area contributed by atoms with Crippen LogP contribution in [0.1, 0.15) is 71.1 Å². The first kappa shape index (κ1) is 36.4. The summed E-state index contributed by atoms with van der Waals surface area (Å²) in [6.45, 7) is 13.9. The van der Waals surface area contributed by atoms with E-state index in [0.717, 1.165) is 66.2 Å². The smallest absolute Gasteiger partial charge is 0.354 e. The van der Waals surface area contributed by atoms with Crippen LogP contribution in [-0.4, -0.2) is 77.7 Å². The van der Waals surface area contributed by atoms with Crippen LogP contribution in [0.25, 0.3) is 10.2 Å². The van der Waals surface area contributed by atoms with Crippen LogP contribution in [0.15, 0.2) is 78.9 Å². The van der Waals surface area contributed by atoms with Gasteiger partial charge in [-0.1, -0.05) is 62.4 Å². The average Bonchev–Trinajstić information content (AvgIpc) is 3.57. The molecule has 2 aromatic heterocycles. The molecule has 0 unspecified atom stereocenters. The van der Waals surface area contributed by atoms with Gasteiger partial charge in [-0.3, -0.25) is 15.0 Å². The van der Waals surface area contributed by atoms with Crippen molar-refractivity contribution in [3.05, 3.63) is 107 Å². The maximum atomic E-state index is 13.5. The molecule has 10 nitrogen and oxygen atoms in total. The molecule has 5 aromatic rings. The highest BCUT2D eigenvalue weighted by molar-refractivity contribution is 7.22. The summed E-state index contributed by atoms with van der Waals surface area (Å²) in [5, 5.41) is 13.7. The molecule has 11 heteroatoms. The number of carboxylic acid groups (broad SMARTS) is 1. The molecule has 2 aliphatic rings. The van der Waals surface area contributed by atoms with Crippen molar-refractivity contribution < 1.29 is 19.4 Å². The van der Waals surface area contributed by atoms with Crippen molar-refractivity contribution in [1.82, 2.24) is 14.9 Å². The van der Waals surface area contributed by atoms with Crippen LogP contribution in [0.5, 0.6) is 5.75 Å². The van der Waals surface area contributed by atoms with Crippen LogP contribution in [0.4, 0.5) is 16.6 Å². The molecule has 0 aliphatic carbocycles. The number of nitrogens with zero attached hydrogens (tertiary/aromatic N) is 5. The first-order chi connectivity index (χ1) is 25.6. The highest BCUT2D eigenvalue weighted by Gasteiger charge is 2.25. The molecule has 0 spiro atoms. The van der Waals surface area contributed by atoms with Crippen LogP contribution in [-0.2, 0) is 19.4 Å². The van der Waals surface area contributed by atoms with E-state index in [9.17, 15) is 14.7 Å². The normalized spacial score (nSPS) is 15.0. The maximum Gasteiger partial charge on any atom is 0.354 e. The first-order valence-corrected chi connectivity index (χ1v) is 19.4. The zero-order valence-corrected chi connectivity index (χ0v) is 31.6. The Morgan fingerprint density at radius 3 is 2.43 bits per heavy atom. The van der Waals surface area contributed by atoms with E-state index in [-0.39, 0.29) is 11.6 Å². The second-order valence-corrected chi connectivity index (χ2v) is 16.2. The molecular formula is C42H48N6O4S. The number of hydrogen-bond donors (Lipinski definition) is 2. The van der Waals surface area contributed by atoms with Gasteiger partial charge in [0.15, 0.2) is 10.8 Å². The lowest BCUT2D eigenvalue weighted by Gasteiger charge is -2.37. The quantitative estimate of drug-likeness (QED) is 0.124. The molecule has 0 atom stereocenters. The fourth-order valence-corrected chi connectivity index (χ4v) is 7.91. The summed E-state index contributed by atoms with van der Waals surface area (Å²) < 4.78 is 7.06. The van der Waals surface area contributed by atoms with Crippen molar-refractivity contribution >= 4 is 50.1 Å². The lowest BCUT2D eigenvalue weighted by Crippen LogP contribution is -2.47. The maximum absolute atomic E-state index is 13.5. The van der Waals surface area contributed by atoms with E-state index in [1.165, 1.54) is 23.4 Å². The van der Waals surface area contributed by atoms with Gasteiger partial charge >= 0.3 is 5.97 Å². The van der Waals surface area contributed by atoms with E-state index in [1.807, 2.05) is 71.6 Å². The predicted molar refractivity (Wildman–Crippen MR) is 213 cm³/mol. The molecule has 2 N–H and O–H groups in total. The topological polar surface area (TPSA) is 111 Å². The number of para-hydroxylation sites is 1. The summed E-state index contributed by atoms with van der Waals surface area (Å²) in [6, 6.07) is 25.6. The van der Waals surface area contributed by atoms with E-state index in [0.29, 0.717) is 60.0 Å². The van der Waals surface area contributed by atoms with Gasteiger partial charge in [-0.25, -0.2) is 14.8 Å².